The van der Waals surface area contributed by atoms with Crippen LogP contribution in [0.5, 0.6) is 0 Å². The molecule has 4 nitrogen and oxygen atoms in total. The van der Waals surface area contributed by atoms with Crippen molar-refractivity contribution in [3.8, 4) is 0 Å². The van der Waals surface area contributed by atoms with Crippen molar-refractivity contribution in [2.24, 2.45) is 5.73 Å². The highest BCUT2D eigenvalue weighted by atomic mass is 32.1. The molecule has 1 unspecified atom stereocenters. The summed E-state index contributed by atoms with van der Waals surface area (Å²) in [6.45, 7) is 5.54. The Morgan fingerprint density at radius 2 is 1.83 bits per heavy atom. The van der Waals surface area contributed by atoms with Crippen LogP contribution < -0.4 is 11.1 Å². The van der Waals surface area contributed by atoms with E-state index in [9.17, 15) is 14.0 Å². The number of amides is 2. The molecular formula is C17H19FN2O2S. The van der Waals surface area contributed by atoms with Crippen molar-refractivity contribution in [2.45, 2.75) is 33.1 Å². The molecule has 3 N–H and O–H groups in total. The zero-order valence-corrected chi connectivity index (χ0v) is 14.1. The van der Waals surface area contributed by atoms with E-state index in [4.69, 9.17) is 5.73 Å². The first kappa shape index (κ1) is 17.1. The molecule has 23 heavy (non-hydrogen) atoms. The van der Waals surface area contributed by atoms with Crippen LogP contribution in [0.3, 0.4) is 0 Å². The molecule has 0 aliphatic rings. The van der Waals surface area contributed by atoms with Crippen LogP contribution in [0.2, 0.25) is 0 Å². The van der Waals surface area contributed by atoms with Crippen molar-refractivity contribution >= 4 is 28.2 Å². The lowest BCUT2D eigenvalue weighted by molar-refractivity contribution is -0.117. The fourth-order valence-electron chi connectivity index (χ4n) is 2.42. The van der Waals surface area contributed by atoms with Gasteiger partial charge >= 0.3 is 0 Å². The van der Waals surface area contributed by atoms with Crippen LogP contribution in [-0.4, -0.2) is 11.8 Å². The number of anilines is 1. The summed E-state index contributed by atoms with van der Waals surface area (Å²) >= 11 is 1.18. The number of carbonyl (C=O) groups excluding carboxylic acids is 2. The number of benzene rings is 1. The number of thiophene rings is 1. The Labute approximate surface area is 138 Å². The third-order valence-electron chi connectivity index (χ3n) is 3.91. The van der Waals surface area contributed by atoms with Crippen LogP contribution in [-0.2, 0) is 4.79 Å². The lowest BCUT2D eigenvalue weighted by atomic mass is 9.95. The number of carbonyl (C=O) groups is 2. The summed E-state index contributed by atoms with van der Waals surface area (Å²) in [6.07, 6.45) is 0.587. The molecule has 1 atom stereocenters. The van der Waals surface area contributed by atoms with Crippen LogP contribution in [0, 0.1) is 19.7 Å². The van der Waals surface area contributed by atoms with Gasteiger partial charge in [0, 0.05) is 0 Å². The van der Waals surface area contributed by atoms with E-state index in [1.54, 1.807) is 19.1 Å². The minimum absolute atomic E-state index is 0.181. The van der Waals surface area contributed by atoms with Crippen molar-refractivity contribution in [2.75, 3.05) is 5.32 Å². The van der Waals surface area contributed by atoms with Crippen LogP contribution in [0.15, 0.2) is 24.3 Å². The Morgan fingerprint density at radius 1 is 1.22 bits per heavy atom. The van der Waals surface area contributed by atoms with Gasteiger partial charge in [0.2, 0.25) is 5.91 Å². The minimum atomic E-state index is -0.498. The lowest BCUT2D eigenvalue weighted by Crippen LogP contribution is -2.20. The first-order valence-corrected chi connectivity index (χ1v) is 8.12. The molecule has 2 rings (SSSR count). The first-order chi connectivity index (χ1) is 10.8. The fraction of sp³-hybridized carbons (Fsp3) is 0.294. The van der Waals surface area contributed by atoms with Crippen molar-refractivity contribution in [3.05, 3.63) is 51.7 Å². The van der Waals surface area contributed by atoms with Crippen molar-refractivity contribution in [3.63, 3.8) is 0 Å². The smallest absolute Gasteiger partial charge is 0.259 e. The number of nitrogens with one attached hydrogen (secondary N) is 1. The summed E-state index contributed by atoms with van der Waals surface area (Å²) in [7, 11) is 0. The second-order valence-corrected chi connectivity index (χ2v) is 6.40. The molecule has 0 saturated heterocycles. The van der Waals surface area contributed by atoms with Gasteiger partial charge < -0.3 is 11.1 Å². The van der Waals surface area contributed by atoms with Crippen LogP contribution in [0.4, 0.5) is 9.39 Å². The highest BCUT2D eigenvalue weighted by Gasteiger charge is 2.22. The maximum atomic E-state index is 13.0. The SMILES string of the molecule is CCC(C(=O)Nc1sc(C(N)=O)c(C)c1C)c1ccc(F)cc1. The predicted molar refractivity (Wildman–Crippen MR) is 90.4 cm³/mol. The average Bonchev–Trinajstić information content (AvgIpc) is 2.78. The highest BCUT2D eigenvalue weighted by molar-refractivity contribution is 7.18. The largest absolute Gasteiger partial charge is 0.365 e. The number of halogens is 1. The van der Waals surface area contributed by atoms with Gasteiger partial charge in [-0.3, -0.25) is 9.59 Å². The summed E-state index contributed by atoms with van der Waals surface area (Å²) in [5.74, 6) is -1.39. The average molecular weight is 334 g/mol. The Balaban J connectivity index is 2.25. The molecule has 0 spiro atoms. The zero-order valence-electron chi connectivity index (χ0n) is 13.3. The van der Waals surface area contributed by atoms with Gasteiger partial charge in [-0.15, -0.1) is 11.3 Å². The van der Waals surface area contributed by atoms with Crippen LogP contribution in [0.1, 0.15) is 45.6 Å². The summed E-state index contributed by atoms with van der Waals surface area (Å²) in [5.41, 5.74) is 7.72. The summed E-state index contributed by atoms with van der Waals surface area (Å²) in [4.78, 5) is 24.4. The molecule has 0 fully saturated rings. The molecule has 1 heterocycles. The second kappa shape index (κ2) is 6.91. The van der Waals surface area contributed by atoms with E-state index in [2.05, 4.69) is 5.32 Å². The third kappa shape index (κ3) is 3.59. The van der Waals surface area contributed by atoms with Gasteiger partial charge in [0.1, 0.15) is 5.82 Å². The molecule has 0 aliphatic carbocycles. The molecular weight excluding hydrogens is 315 g/mol. The maximum absolute atomic E-state index is 13.0. The van der Waals surface area contributed by atoms with Crippen LogP contribution >= 0.6 is 11.3 Å². The molecule has 0 aliphatic heterocycles. The molecule has 1 aromatic carbocycles. The number of nitrogens with two attached hydrogens (primary N) is 1. The molecule has 122 valence electrons. The minimum Gasteiger partial charge on any atom is -0.365 e. The topological polar surface area (TPSA) is 72.2 Å². The lowest BCUT2D eigenvalue weighted by Gasteiger charge is -2.15. The van der Waals surface area contributed by atoms with Crippen LogP contribution in [0.25, 0.3) is 0 Å². The normalized spacial score (nSPS) is 12.0. The fourth-order valence-corrected chi connectivity index (χ4v) is 3.49. The van der Waals surface area contributed by atoms with E-state index < -0.39 is 5.91 Å². The number of primary amides is 1. The second-order valence-electron chi connectivity index (χ2n) is 5.38. The Morgan fingerprint density at radius 3 is 2.30 bits per heavy atom. The Bertz CT molecular complexity index is 738. The van der Waals surface area contributed by atoms with E-state index >= 15 is 0 Å². The molecule has 6 heteroatoms. The molecule has 2 amide bonds. The Kier molecular flexibility index (Phi) is 5.15. The van der Waals surface area contributed by atoms with E-state index in [1.807, 2.05) is 13.8 Å². The quantitative estimate of drug-likeness (QED) is 0.874. The highest BCUT2D eigenvalue weighted by Crippen LogP contribution is 2.33. The van der Waals surface area contributed by atoms with E-state index in [0.29, 0.717) is 16.3 Å². The summed E-state index contributed by atoms with van der Waals surface area (Å²) < 4.78 is 13.0. The molecule has 1 aromatic heterocycles. The molecule has 0 saturated carbocycles. The van der Waals surface area contributed by atoms with E-state index in [-0.39, 0.29) is 17.6 Å². The molecule has 2 aromatic rings. The van der Waals surface area contributed by atoms with Gasteiger partial charge in [-0.05, 0) is 49.1 Å². The summed E-state index contributed by atoms with van der Waals surface area (Å²) in [6, 6.07) is 5.92. The van der Waals surface area contributed by atoms with Gasteiger partial charge in [-0.1, -0.05) is 19.1 Å². The van der Waals surface area contributed by atoms with Crippen molar-refractivity contribution in [1.82, 2.24) is 0 Å². The van der Waals surface area contributed by atoms with Gasteiger partial charge in [-0.2, -0.15) is 0 Å². The van der Waals surface area contributed by atoms with E-state index in [0.717, 1.165) is 16.7 Å². The van der Waals surface area contributed by atoms with Gasteiger partial charge in [0.15, 0.2) is 0 Å². The molecule has 0 bridgehead atoms. The predicted octanol–water partition coefficient (Wildman–Crippen LogP) is 3.74. The number of rotatable bonds is 5. The number of hydrogen-bond acceptors (Lipinski definition) is 3. The summed E-state index contributed by atoms with van der Waals surface area (Å²) in [5, 5.41) is 3.50. The monoisotopic (exact) mass is 334 g/mol. The zero-order chi connectivity index (χ0) is 17.1. The Hall–Kier alpha value is -2.21. The standard InChI is InChI=1S/C17H19FN2O2S/c1-4-13(11-5-7-12(18)8-6-11)16(22)20-17-10(3)9(2)14(23-17)15(19)21/h5-8,13H,4H2,1-3H3,(H2,19,21)(H,20,22). The van der Waals surface area contributed by atoms with E-state index in [1.165, 1.54) is 23.5 Å². The maximum Gasteiger partial charge on any atom is 0.259 e. The van der Waals surface area contributed by atoms with Gasteiger partial charge in [-0.25, -0.2) is 4.39 Å². The number of hydrogen-bond donors (Lipinski definition) is 2. The van der Waals surface area contributed by atoms with Gasteiger partial charge in [0.05, 0.1) is 15.8 Å². The molecule has 0 radical (unpaired) electrons. The van der Waals surface area contributed by atoms with Gasteiger partial charge in [0.25, 0.3) is 5.91 Å². The van der Waals surface area contributed by atoms with Crippen molar-refractivity contribution < 1.29 is 14.0 Å². The third-order valence-corrected chi connectivity index (χ3v) is 5.23. The first-order valence-electron chi connectivity index (χ1n) is 7.31. The van der Waals surface area contributed by atoms with Crippen molar-refractivity contribution in [1.29, 1.82) is 0 Å².